The van der Waals surface area contributed by atoms with Crippen LogP contribution in [0.5, 0.6) is 0 Å². The fourth-order valence-corrected chi connectivity index (χ4v) is 1.79. The Labute approximate surface area is 92.4 Å². The molecule has 0 radical (unpaired) electrons. The van der Waals surface area contributed by atoms with Crippen molar-refractivity contribution < 1.29 is 17.7 Å². The van der Waals surface area contributed by atoms with Crippen LogP contribution in [-0.4, -0.2) is 59.3 Å². The molecular weight excluding hydrogens is 220 g/mol. The highest BCUT2D eigenvalue weighted by Gasteiger charge is 2.18. The molecule has 1 aliphatic rings. The van der Waals surface area contributed by atoms with E-state index in [1.165, 1.54) is 0 Å². The topological polar surface area (TPSA) is 71.0 Å². The van der Waals surface area contributed by atoms with E-state index < -0.39 is 17.7 Å². The van der Waals surface area contributed by atoms with Crippen LogP contribution in [0.2, 0.25) is 0 Å². The number of piperazine rings is 1. The molecule has 1 rings (SSSR count). The Bertz CT molecular complexity index is 199. The van der Waals surface area contributed by atoms with E-state index >= 15 is 0 Å². The predicted molar refractivity (Wildman–Crippen MR) is 56.6 cm³/mol. The summed E-state index contributed by atoms with van der Waals surface area (Å²) in [7, 11) is 0. The summed E-state index contributed by atoms with van der Waals surface area (Å²) >= 11 is -2.27. The molecule has 0 aromatic carbocycles. The first-order chi connectivity index (χ1) is 7.22. The van der Waals surface area contributed by atoms with Crippen LogP contribution in [0.4, 0.5) is 0 Å². The smallest absolute Gasteiger partial charge is 0.304 e. The molecule has 1 heterocycles. The highest BCUT2D eigenvalue weighted by molar-refractivity contribution is 7.74. The molecule has 90 valence electrons. The number of nitrogens with one attached hydrogen (secondary N) is 1. The van der Waals surface area contributed by atoms with Crippen LogP contribution in [-0.2, 0) is 20.3 Å². The first kappa shape index (κ1) is 13.0. The molecule has 0 aromatic rings. The molecule has 0 saturated carbocycles. The summed E-state index contributed by atoms with van der Waals surface area (Å²) < 4.78 is 29.1. The minimum absolute atomic E-state index is 0.466. The molecule has 0 bridgehead atoms. The molecule has 0 aliphatic carbocycles. The normalized spacial score (nSPS) is 22.5. The second kappa shape index (κ2) is 7.26. The average Bonchev–Trinajstić information content (AvgIpc) is 2.18. The third kappa shape index (κ3) is 5.55. The molecule has 2 N–H and O–H groups in total. The Morgan fingerprint density at radius 2 is 2.20 bits per heavy atom. The maximum Gasteiger partial charge on any atom is 0.304 e. The van der Waals surface area contributed by atoms with Gasteiger partial charge in [-0.2, -0.15) is 4.21 Å². The van der Waals surface area contributed by atoms with Gasteiger partial charge < -0.3 is 10.1 Å². The summed E-state index contributed by atoms with van der Waals surface area (Å²) in [6.07, 6.45) is -0.626. The van der Waals surface area contributed by atoms with Gasteiger partial charge in [0, 0.05) is 32.8 Å². The Balaban J connectivity index is 2.31. The van der Waals surface area contributed by atoms with Gasteiger partial charge in [0.2, 0.25) is 0 Å². The SMILES string of the molecule is CCOC(CN1CCNCC1)OS(=O)O. The number of hydrogen-bond acceptors (Lipinski definition) is 5. The van der Waals surface area contributed by atoms with Gasteiger partial charge in [-0.05, 0) is 6.92 Å². The van der Waals surface area contributed by atoms with Crippen molar-refractivity contribution in [3.8, 4) is 0 Å². The molecule has 1 saturated heterocycles. The number of ether oxygens (including phenoxy) is 1. The lowest BCUT2D eigenvalue weighted by Crippen LogP contribution is -2.47. The molecular formula is C8H18N2O4S. The molecule has 2 atom stereocenters. The maximum atomic E-state index is 10.5. The first-order valence-corrected chi connectivity index (χ1v) is 6.08. The van der Waals surface area contributed by atoms with Crippen LogP contribution in [0.3, 0.4) is 0 Å². The second-order valence-electron chi connectivity index (χ2n) is 3.25. The fraction of sp³-hybridized carbons (Fsp3) is 1.00. The van der Waals surface area contributed by atoms with Crippen molar-refractivity contribution in [1.82, 2.24) is 10.2 Å². The van der Waals surface area contributed by atoms with E-state index in [0.29, 0.717) is 13.2 Å². The Morgan fingerprint density at radius 1 is 1.53 bits per heavy atom. The van der Waals surface area contributed by atoms with Crippen molar-refractivity contribution in [1.29, 1.82) is 0 Å². The standard InChI is InChI=1S/C8H18N2O4S/c1-2-13-8(14-15(11)12)7-10-5-3-9-4-6-10/h8-9H,2-7H2,1H3,(H,11,12). The molecule has 6 nitrogen and oxygen atoms in total. The Kier molecular flexibility index (Phi) is 6.30. The molecule has 15 heavy (non-hydrogen) atoms. The average molecular weight is 238 g/mol. The van der Waals surface area contributed by atoms with Crippen LogP contribution in [0, 0.1) is 0 Å². The van der Waals surface area contributed by atoms with E-state index in [1.54, 1.807) is 0 Å². The minimum Gasteiger partial charge on any atom is -0.350 e. The summed E-state index contributed by atoms with van der Waals surface area (Å²) in [4.78, 5) is 2.14. The van der Waals surface area contributed by atoms with Crippen LogP contribution in [0.1, 0.15) is 6.92 Å². The highest BCUT2D eigenvalue weighted by atomic mass is 32.2. The van der Waals surface area contributed by atoms with Crippen LogP contribution < -0.4 is 5.32 Å². The van der Waals surface area contributed by atoms with Crippen LogP contribution >= 0.6 is 0 Å². The zero-order valence-corrected chi connectivity index (χ0v) is 9.66. The largest absolute Gasteiger partial charge is 0.350 e. The summed E-state index contributed by atoms with van der Waals surface area (Å²) in [5.74, 6) is 0. The lowest BCUT2D eigenvalue weighted by Gasteiger charge is -2.29. The van der Waals surface area contributed by atoms with Gasteiger partial charge in [-0.15, -0.1) is 0 Å². The van der Waals surface area contributed by atoms with Crippen molar-refractivity contribution in [2.45, 2.75) is 13.2 Å². The predicted octanol–water partition coefficient (Wildman–Crippen LogP) is -0.592. The lowest BCUT2D eigenvalue weighted by molar-refractivity contribution is -0.0892. The Hall–Kier alpha value is -0.0500. The van der Waals surface area contributed by atoms with Gasteiger partial charge in [-0.25, -0.2) is 4.18 Å². The monoisotopic (exact) mass is 238 g/mol. The van der Waals surface area contributed by atoms with E-state index in [0.717, 1.165) is 26.2 Å². The van der Waals surface area contributed by atoms with Crippen molar-refractivity contribution in [3.63, 3.8) is 0 Å². The third-order valence-corrected chi connectivity index (χ3v) is 2.54. The van der Waals surface area contributed by atoms with Crippen molar-refractivity contribution in [3.05, 3.63) is 0 Å². The van der Waals surface area contributed by atoms with Gasteiger partial charge in [0.1, 0.15) is 0 Å². The Morgan fingerprint density at radius 3 is 2.73 bits per heavy atom. The molecule has 0 spiro atoms. The van der Waals surface area contributed by atoms with Gasteiger partial charge >= 0.3 is 11.4 Å². The second-order valence-corrected chi connectivity index (χ2v) is 3.88. The van der Waals surface area contributed by atoms with Gasteiger partial charge in [0.25, 0.3) is 0 Å². The summed E-state index contributed by atoms with van der Waals surface area (Å²) in [6.45, 7) is 6.50. The van der Waals surface area contributed by atoms with Crippen molar-refractivity contribution in [2.24, 2.45) is 0 Å². The zero-order chi connectivity index (χ0) is 11.1. The number of nitrogens with zero attached hydrogens (tertiary/aromatic N) is 1. The quantitative estimate of drug-likeness (QED) is 0.476. The zero-order valence-electron chi connectivity index (χ0n) is 8.85. The number of hydrogen-bond donors (Lipinski definition) is 2. The first-order valence-electron chi connectivity index (χ1n) is 5.05. The van der Waals surface area contributed by atoms with E-state index in [4.69, 9.17) is 13.5 Å². The van der Waals surface area contributed by atoms with E-state index in [-0.39, 0.29) is 0 Å². The van der Waals surface area contributed by atoms with E-state index in [9.17, 15) is 4.21 Å². The number of rotatable bonds is 6. The van der Waals surface area contributed by atoms with Crippen molar-refractivity contribution >= 4 is 11.4 Å². The summed E-state index contributed by atoms with van der Waals surface area (Å²) in [5, 5.41) is 3.23. The molecule has 0 amide bonds. The summed E-state index contributed by atoms with van der Waals surface area (Å²) in [5.41, 5.74) is 0. The molecule has 7 heteroatoms. The highest BCUT2D eigenvalue weighted by Crippen LogP contribution is 2.02. The summed E-state index contributed by atoms with van der Waals surface area (Å²) in [6, 6.07) is 0. The van der Waals surface area contributed by atoms with Gasteiger partial charge in [0.05, 0.1) is 6.54 Å². The van der Waals surface area contributed by atoms with E-state index in [2.05, 4.69) is 10.2 Å². The maximum absolute atomic E-state index is 10.5. The van der Waals surface area contributed by atoms with Crippen molar-refractivity contribution in [2.75, 3.05) is 39.3 Å². The molecule has 1 fully saturated rings. The van der Waals surface area contributed by atoms with Gasteiger partial charge in [-0.1, -0.05) is 0 Å². The van der Waals surface area contributed by atoms with Crippen LogP contribution in [0.15, 0.2) is 0 Å². The third-order valence-electron chi connectivity index (χ3n) is 2.16. The minimum atomic E-state index is -2.27. The fourth-order valence-electron chi connectivity index (χ4n) is 1.49. The molecule has 1 aliphatic heterocycles. The van der Waals surface area contributed by atoms with Crippen LogP contribution in [0.25, 0.3) is 0 Å². The van der Waals surface area contributed by atoms with Gasteiger partial charge in [-0.3, -0.25) is 9.45 Å². The molecule has 2 unspecified atom stereocenters. The molecule has 0 aromatic heterocycles. The van der Waals surface area contributed by atoms with E-state index in [1.807, 2.05) is 6.92 Å². The van der Waals surface area contributed by atoms with Gasteiger partial charge in [0.15, 0.2) is 6.29 Å². The lowest BCUT2D eigenvalue weighted by atomic mass is 10.3.